The fourth-order valence-electron chi connectivity index (χ4n) is 2.59. The Morgan fingerprint density at radius 1 is 1.23 bits per heavy atom. The predicted molar refractivity (Wildman–Crippen MR) is 88.8 cm³/mol. The van der Waals surface area contributed by atoms with Crippen molar-refractivity contribution in [1.82, 2.24) is 20.3 Å². The Morgan fingerprint density at radius 3 is 2.69 bits per heavy atom. The summed E-state index contributed by atoms with van der Waals surface area (Å²) >= 11 is 0. The molecule has 0 amide bonds. The van der Waals surface area contributed by atoms with Crippen molar-refractivity contribution >= 4 is 17.5 Å². The molecule has 1 unspecified atom stereocenters. The van der Waals surface area contributed by atoms with Crippen molar-refractivity contribution in [2.75, 3.05) is 23.7 Å². The molecule has 2 aromatic heterocycles. The highest BCUT2D eigenvalue weighted by molar-refractivity contribution is 5.56. The molecule has 136 valence electrons. The second-order valence-corrected chi connectivity index (χ2v) is 5.81. The average Bonchev–Trinajstić information content (AvgIpc) is 2.62. The van der Waals surface area contributed by atoms with Crippen molar-refractivity contribution in [2.24, 2.45) is 0 Å². The molecule has 0 saturated carbocycles. The van der Waals surface area contributed by atoms with Crippen molar-refractivity contribution in [3.8, 4) is 6.07 Å². The molecule has 3 N–H and O–H groups in total. The highest BCUT2D eigenvalue weighted by Crippen LogP contribution is 2.34. The van der Waals surface area contributed by atoms with Crippen LogP contribution in [0.3, 0.4) is 0 Å². The van der Waals surface area contributed by atoms with E-state index in [4.69, 9.17) is 5.26 Å². The molecule has 1 atom stereocenters. The zero-order valence-electron chi connectivity index (χ0n) is 13.6. The van der Waals surface area contributed by atoms with E-state index in [0.29, 0.717) is 12.2 Å². The number of nitriles is 1. The van der Waals surface area contributed by atoms with Gasteiger partial charge in [0, 0.05) is 18.8 Å². The average molecular weight is 363 g/mol. The molecule has 10 heteroatoms. The van der Waals surface area contributed by atoms with Gasteiger partial charge in [0.05, 0.1) is 11.9 Å². The topological polar surface area (TPSA) is 98.5 Å². The third kappa shape index (κ3) is 4.37. The van der Waals surface area contributed by atoms with E-state index in [1.807, 2.05) is 6.07 Å². The maximum Gasteiger partial charge on any atom is 0.421 e. The first kappa shape index (κ1) is 17.9. The minimum atomic E-state index is -4.56. The quantitative estimate of drug-likeness (QED) is 0.768. The summed E-state index contributed by atoms with van der Waals surface area (Å²) in [5, 5.41) is 17.5. The summed E-state index contributed by atoms with van der Waals surface area (Å²) < 4.78 is 39.7. The molecule has 0 aliphatic carbocycles. The molecule has 1 saturated heterocycles. The molecule has 0 bridgehead atoms. The summed E-state index contributed by atoms with van der Waals surface area (Å²) in [5.74, 6) is -0.249. The summed E-state index contributed by atoms with van der Waals surface area (Å²) in [5.41, 5.74) is -0.211. The molecule has 3 rings (SSSR count). The van der Waals surface area contributed by atoms with Crippen LogP contribution in [0, 0.1) is 11.3 Å². The van der Waals surface area contributed by atoms with Crippen LogP contribution >= 0.6 is 0 Å². The van der Waals surface area contributed by atoms with Gasteiger partial charge in [0.1, 0.15) is 23.1 Å². The summed E-state index contributed by atoms with van der Waals surface area (Å²) in [6.07, 6.45) is -0.773. The Hall–Kier alpha value is -2.93. The minimum absolute atomic E-state index is 0.00998. The molecule has 0 spiro atoms. The van der Waals surface area contributed by atoms with Crippen LogP contribution in [0.5, 0.6) is 0 Å². The predicted octanol–water partition coefficient (Wildman–Crippen LogP) is 2.67. The molecular weight excluding hydrogens is 347 g/mol. The Balaban J connectivity index is 1.84. The van der Waals surface area contributed by atoms with Crippen LogP contribution in [0.2, 0.25) is 0 Å². The fraction of sp³-hybridized carbons (Fsp3) is 0.375. The third-order valence-corrected chi connectivity index (χ3v) is 3.87. The number of pyridine rings is 1. The first-order valence-corrected chi connectivity index (χ1v) is 8.00. The second-order valence-electron chi connectivity index (χ2n) is 5.81. The first-order valence-electron chi connectivity index (χ1n) is 8.00. The lowest BCUT2D eigenvalue weighted by Crippen LogP contribution is -2.39. The van der Waals surface area contributed by atoms with Gasteiger partial charge in [-0.25, -0.2) is 9.97 Å². The van der Waals surface area contributed by atoms with Crippen LogP contribution in [0.1, 0.15) is 24.1 Å². The summed E-state index contributed by atoms with van der Waals surface area (Å²) in [7, 11) is 0. The van der Waals surface area contributed by atoms with Gasteiger partial charge in [-0.1, -0.05) is 0 Å². The van der Waals surface area contributed by atoms with Crippen molar-refractivity contribution in [2.45, 2.75) is 25.1 Å². The van der Waals surface area contributed by atoms with Gasteiger partial charge in [-0.2, -0.15) is 23.4 Å². The SMILES string of the molecule is N#Cc1ccc(Nc2ncc(C(F)(F)F)c(NC3CCCNC3)n2)cn1. The number of halogens is 3. The van der Waals surface area contributed by atoms with Gasteiger partial charge in [-0.05, 0) is 31.5 Å². The number of nitrogens with one attached hydrogen (secondary N) is 3. The zero-order valence-corrected chi connectivity index (χ0v) is 13.6. The number of nitrogens with zero attached hydrogens (tertiary/aromatic N) is 4. The highest BCUT2D eigenvalue weighted by Gasteiger charge is 2.36. The number of alkyl halides is 3. The van der Waals surface area contributed by atoms with Crippen molar-refractivity contribution in [3.05, 3.63) is 35.8 Å². The van der Waals surface area contributed by atoms with E-state index in [1.54, 1.807) is 6.07 Å². The number of aromatic nitrogens is 3. The van der Waals surface area contributed by atoms with E-state index in [0.717, 1.165) is 25.6 Å². The van der Waals surface area contributed by atoms with E-state index in [9.17, 15) is 13.2 Å². The monoisotopic (exact) mass is 363 g/mol. The van der Waals surface area contributed by atoms with Crippen LogP contribution in [0.25, 0.3) is 0 Å². The van der Waals surface area contributed by atoms with Crippen LogP contribution in [0.15, 0.2) is 24.5 Å². The Bertz CT molecular complexity index is 793. The van der Waals surface area contributed by atoms with E-state index in [1.165, 1.54) is 12.3 Å². The number of piperidine rings is 1. The van der Waals surface area contributed by atoms with E-state index in [2.05, 4.69) is 30.9 Å². The molecule has 1 aliphatic rings. The lowest BCUT2D eigenvalue weighted by atomic mass is 10.1. The smallest absolute Gasteiger partial charge is 0.365 e. The van der Waals surface area contributed by atoms with Gasteiger partial charge in [-0.3, -0.25) is 0 Å². The standard InChI is InChI=1S/C16H16F3N7/c17-16(18,19)13-9-23-15(25-12-4-3-10(6-20)22-8-12)26-14(13)24-11-2-1-5-21-7-11/h3-4,8-9,11,21H,1-2,5,7H2,(H2,23,24,25,26). The van der Waals surface area contributed by atoms with Gasteiger partial charge < -0.3 is 16.0 Å². The van der Waals surface area contributed by atoms with Gasteiger partial charge in [0.25, 0.3) is 0 Å². The molecule has 0 radical (unpaired) electrons. The molecule has 26 heavy (non-hydrogen) atoms. The summed E-state index contributed by atoms with van der Waals surface area (Å²) in [6, 6.07) is 4.81. The maximum absolute atomic E-state index is 13.2. The minimum Gasteiger partial charge on any atom is -0.365 e. The highest BCUT2D eigenvalue weighted by atomic mass is 19.4. The van der Waals surface area contributed by atoms with Gasteiger partial charge >= 0.3 is 6.18 Å². The molecular formula is C16H16F3N7. The van der Waals surface area contributed by atoms with Crippen molar-refractivity contribution in [3.63, 3.8) is 0 Å². The summed E-state index contributed by atoms with van der Waals surface area (Å²) in [4.78, 5) is 11.6. The van der Waals surface area contributed by atoms with Crippen LogP contribution in [-0.2, 0) is 6.18 Å². The van der Waals surface area contributed by atoms with E-state index in [-0.39, 0.29) is 23.5 Å². The maximum atomic E-state index is 13.2. The van der Waals surface area contributed by atoms with E-state index >= 15 is 0 Å². The van der Waals surface area contributed by atoms with Crippen LogP contribution < -0.4 is 16.0 Å². The molecule has 1 fully saturated rings. The van der Waals surface area contributed by atoms with Crippen LogP contribution in [0.4, 0.5) is 30.6 Å². The second kappa shape index (κ2) is 7.53. The van der Waals surface area contributed by atoms with Gasteiger partial charge in [0.15, 0.2) is 0 Å². The molecule has 1 aliphatic heterocycles. The van der Waals surface area contributed by atoms with Gasteiger partial charge in [-0.15, -0.1) is 0 Å². The molecule has 0 aromatic carbocycles. The molecule has 2 aromatic rings. The van der Waals surface area contributed by atoms with Crippen LogP contribution in [-0.4, -0.2) is 34.1 Å². The lowest BCUT2D eigenvalue weighted by Gasteiger charge is -2.25. The lowest BCUT2D eigenvalue weighted by molar-refractivity contribution is -0.137. The first-order chi connectivity index (χ1) is 12.5. The van der Waals surface area contributed by atoms with Crippen molar-refractivity contribution in [1.29, 1.82) is 5.26 Å². The number of rotatable bonds is 4. The Labute approximate surface area is 147 Å². The Kier molecular flexibility index (Phi) is 5.18. The normalized spacial score (nSPS) is 17.4. The largest absolute Gasteiger partial charge is 0.421 e. The number of anilines is 3. The molecule has 3 heterocycles. The Morgan fingerprint density at radius 2 is 2.08 bits per heavy atom. The number of hydrogen-bond acceptors (Lipinski definition) is 7. The van der Waals surface area contributed by atoms with Crippen molar-refractivity contribution < 1.29 is 13.2 Å². The zero-order chi connectivity index (χ0) is 18.6. The molecule has 7 nitrogen and oxygen atoms in total. The summed E-state index contributed by atoms with van der Waals surface area (Å²) in [6.45, 7) is 1.43. The number of hydrogen-bond donors (Lipinski definition) is 3. The van der Waals surface area contributed by atoms with E-state index < -0.39 is 11.7 Å². The fourth-order valence-corrected chi connectivity index (χ4v) is 2.59. The third-order valence-electron chi connectivity index (χ3n) is 3.87. The van der Waals surface area contributed by atoms with Gasteiger partial charge in [0.2, 0.25) is 5.95 Å².